The number of carbonyl (C=O) groups is 1. The minimum atomic E-state index is -0.118. The predicted molar refractivity (Wildman–Crippen MR) is 48.2 cm³/mol. The summed E-state index contributed by atoms with van der Waals surface area (Å²) in [6.45, 7) is 2.32. The molecule has 3 heteroatoms. The number of hydrogen-bond acceptors (Lipinski definition) is 3. The van der Waals surface area contributed by atoms with Gasteiger partial charge >= 0.3 is 5.97 Å². The van der Waals surface area contributed by atoms with Crippen molar-refractivity contribution in [1.82, 2.24) is 6.15 Å². The largest absolute Gasteiger partial charge is 0.463 e. The van der Waals surface area contributed by atoms with Gasteiger partial charge in [0.15, 0.2) is 0 Å². The summed E-state index contributed by atoms with van der Waals surface area (Å²) < 4.78 is 4.87. The topological polar surface area (TPSA) is 61.3 Å². The molecule has 70 valence electrons. The number of carbonyl (C=O) groups excluding carboxylic acids is 1. The van der Waals surface area contributed by atoms with E-state index in [1.807, 2.05) is 13.0 Å². The molecule has 0 saturated carbocycles. The van der Waals surface area contributed by atoms with Crippen LogP contribution in [0, 0.1) is 0 Å². The van der Waals surface area contributed by atoms with Gasteiger partial charge in [0, 0.05) is 5.57 Å². The summed E-state index contributed by atoms with van der Waals surface area (Å²) in [5, 5.41) is 0. The lowest BCUT2D eigenvalue weighted by atomic mass is 10.00. The van der Waals surface area contributed by atoms with Crippen molar-refractivity contribution in [2.45, 2.75) is 32.6 Å². The third-order valence-electron chi connectivity index (χ3n) is 1.83. The summed E-state index contributed by atoms with van der Waals surface area (Å²) in [5.41, 5.74) is 0.873. The maximum absolute atomic E-state index is 11.1. The summed E-state index contributed by atoms with van der Waals surface area (Å²) in [6, 6.07) is 0. The van der Waals surface area contributed by atoms with Crippen LogP contribution in [0.15, 0.2) is 11.6 Å². The highest BCUT2D eigenvalue weighted by Gasteiger charge is 2.11. The van der Waals surface area contributed by atoms with Crippen molar-refractivity contribution in [2.24, 2.45) is 0 Å². The van der Waals surface area contributed by atoms with Crippen LogP contribution in [0.5, 0.6) is 0 Å². The van der Waals surface area contributed by atoms with E-state index in [9.17, 15) is 4.79 Å². The highest BCUT2D eigenvalue weighted by atomic mass is 16.5. The van der Waals surface area contributed by atoms with Crippen LogP contribution in [0.4, 0.5) is 0 Å². The molecule has 12 heavy (non-hydrogen) atoms. The van der Waals surface area contributed by atoms with Crippen molar-refractivity contribution in [3.63, 3.8) is 0 Å². The summed E-state index contributed by atoms with van der Waals surface area (Å²) in [5.74, 6) is -0.118. The molecule has 0 heterocycles. The minimum Gasteiger partial charge on any atom is -0.463 e. The molecule has 3 N–H and O–H groups in total. The van der Waals surface area contributed by atoms with Crippen LogP contribution in [0.1, 0.15) is 32.6 Å². The fourth-order valence-corrected chi connectivity index (χ4v) is 1.25. The smallest absolute Gasteiger partial charge is 0.333 e. The molecule has 0 aromatic rings. The van der Waals surface area contributed by atoms with Crippen LogP contribution < -0.4 is 6.15 Å². The Hall–Kier alpha value is -0.830. The minimum absolute atomic E-state index is 0. The highest BCUT2D eigenvalue weighted by molar-refractivity contribution is 5.88. The summed E-state index contributed by atoms with van der Waals surface area (Å²) >= 11 is 0. The SMILES string of the molecule is CCOC(=O)C1=CCCCC1.N. The zero-order valence-corrected chi connectivity index (χ0v) is 7.64. The van der Waals surface area contributed by atoms with E-state index in [0.717, 1.165) is 24.8 Å². The molecule has 0 bridgehead atoms. The average molecular weight is 171 g/mol. The zero-order chi connectivity index (χ0) is 8.10. The zero-order valence-electron chi connectivity index (χ0n) is 7.64. The number of allylic oxidation sites excluding steroid dienone is 1. The molecule has 0 atom stereocenters. The molecule has 0 fully saturated rings. The third-order valence-corrected chi connectivity index (χ3v) is 1.83. The van der Waals surface area contributed by atoms with Crippen molar-refractivity contribution in [2.75, 3.05) is 6.61 Å². The number of rotatable bonds is 2. The first-order valence-corrected chi connectivity index (χ1v) is 4.20. The molecule has 0 aromatic carbocycles. The number of ether oxygens (including phenoxy) is 1. The van der Waals surface area contributed by atoms with E-state index in [1.54, 1.807) is 0 Å². The van der Waals surface area contributed by atoms with Gasteiger partial charge in [-0.3, -0.25) is 0 Å². The molecule has 0 saturated heterocycles. The van der Waals surface area contributed by atoms with E-state index in [1.165, 1.54) is 6.42 Å². The van der Waals surface area contributed by atoms with Crippen LogP contribution in [-0.4, -0.2) is 12.6 Å². The summed E-state index contributed by atoms with van der Waals surface area (Å²) in [4.78, 5) is 11.1. The fraction of sp³-hybridized carbons (Fsp3) is 0.667. The van der Waals surface area contributed by atoms with Crippen molar-refractivity contribution >= 4 is 5.97 Å². The van der Waals surface area contributed by atoms with Crippen molar-refractivity contribution in [3.8, 4) is 0 Å². The van der Waals surface area contributed by atoms with Gasteiger partial charge in [0.1, 0.15) is 0 Å². The van der Waals surface area contributed by atoms with Gasteiger partial charge in [-0.2, -0.15) is 0 Å². The van der Waals surface area contributed by atoms with Gasteiger partial charge in [0.2, 0.25) is 0 Å². The van der Waals surface area contributed by atoms with E-state index in [4.69, 9.17) is 4.74 Å². The molecule has 3 nitrogen and oxygen atoms in total. The number of esters is 1. The van der Waals surface area contributed by atoms with E-state index in [0.29, 0.717) is 6.61 Å². The standard InChI is InChI=1S/C9H14O2.H3N/c1-2-11-9(10)8-6-4-3-5-7-8;/h6H,2-5,7H2,1H3;1H3. The Kier molecular flexibility index (Phi) is 5.37. The van der Waals surface area contributed by atoms with E-state index in [2.05, 4.69) is 0 Å². The quantitative estimate of drug-likeness (QED) is 0.648. The fourth-order valence-electron chi connectivity index (χ4n) is 1.25. The molecule has 1 aliphatic carbocycles. The Morgan fingerprint density at radius 3 is 2.83 bits per heavy atom. The van der Waals surface area contributed by atoms with Gasteiger partial charge in [-0.25, -0.2) is 4.79 Å². The number of hydrogen-bond donors (Lipinski definition) is 1. The lowest BCUT2D eigenvalue weighted by Gasteiger charge is -2.10. The second-order valence-electron chi connectivity index (χ2n) is 2.70. The Balaban J connectivity index is 0.00000121. The predicted octanol–water partition coefficient (Wildman–Crippen LogP) is 2.21. The molecule has 0 unspecified atom stereocenters. The summed E-state index contributed by atoms with van der Waals surface area (Å²) in [6.07, 6.45) is 6.28. The molecular formula is C9H17NO2. The van der Waals surface area contributed by atoms with Gasteiger partial charge in [-0.1, -0.05) is 6.08 Å². The molecular weight excluding hydrogens is 154 g/mol. The van der Waals surface area contributed by atoms with Crippen molar-refractivity contribution in [1.29, 1.82) is 0 Å². The molecule has 0 radical (unpaired) electrons. The monoisotopic (exact) mass is 171 g/mol. The van der Waals surface area contributed by atoms with Crippen LogP contribution in [-0.2, 0) is 9.53 Å². The summed E-state index contributed by atoms with van der Waals surface area (Å²) in [7, 11) is 0. The Morgan fingerprint density at radius 1 is 1.58 bits per heavy atom. The van der Waals surface area contributed by atoms with Crippen LogP contribution in [0.3, 0.4) is 0 Å². The van der Waals surface area contributed by atoms with Gasteiger partial charge in [0.05, 0.1) is 6.61 Å². The normalized spacial score (nSPS) is 15.9. The van der Waals surface area contributed by atoms with Crippen molar-refractivity contribution < 1.29 is 9.53 Å². The van der Waals surface area contributed by atoms with Gasteiger partial charge in [0.25, 0.3) is 0 Å². The molecule has 1 aliphatic rings. The van der Waals surface area contributed by atoms with E-state index < -0.39 is 0 Å². The first-order chi connectivity index (χ1) is 5.34. The second-order valence-corrected chi connectivity index (χ2v) is 2.70. The Labute approximate surface area is 73.4 Å². The second kappa shape index (κ2) is 5.77. The molecule has 0 aromatic heterocycles. The van der Waals surface area contributed by atoms with Gasteiger partial charge in [-0.05, 0) is 32.6 Å². The first-order valence-electron chi connectivity index (χ1n) is 4.20. The maximum Gasteiger partial charge on any atom is 0.333 e. The van der Waals surface area contributed by atoms with Crippen LogP contribution >= 0.6 is 0 Å². The molecule has 0 aliphatic heterocycles. The van der Waals surface area contributed by atoms with Gasteiger partial charge < -0.3 is 10.9 Å². The Bertz CT molecular complexity index is 175. The van der Waals surface area contributed by atoms with Gasteiger partial charge in [-0.15, -0.1) is 0 Å². The molecule has 1 rings (SSSR count). The highest BCUT2D eigenvalue weighted by Crippen LogP contribution is 2.17. The average Bonchev–Trinajstić information content (AvgIpc) is 2.07. The Morgan fingerprint density at radius 2 is 2.33 bits per heavy atom. The lowest BCUT2D eigenvalue weighted by Crippen LogP contribution is -2.09. The first kappa shape index (κ1) is 11.2. The molecule has 0 spiro atoms. The lowest BCUT2D eigenvalue weighted by molar-refractivity contribution is -0.138. The van der Waals surface area contributed by atoms with Crippen molar-refractivity contribution in [3.05, 3.63) is 11.6 Å². The third kappa shape index (κ3) is 3.05. The molecule has 0 amide bonds. The van der Waals surface area contributed by atoms with Crippen LogP contribution in [0.2, 0.25) is 0 Å². The van der Waals surface area contributed by atoms with E-state index >= 15 is 0 Å². The van der Waals surface area contributed by atoms with Crippen LogP contribution in [0.25, 0.3) is 0 Å². The van der Waals surface area contributed by atoms with E-state index in [-0.39, 0.29) is 12.1 Å². The maximum atomic E-state index is 11.1.